The van der Waals surface area contributed by atoms with Crippen LogP contribution in [-0.2, 0) is 14.3 Å². The molecule has 0 unspecified atom stereocenters. The molecule has 1 fully saturated rings. The molecule has 146 valence electrons. The monoisotopic (exact) mass is 362 g/mol. The van der Waals surface area contributed by atoms with Crippen LogP contribution in [0.3, 0.4) is 0 Å². The van der Waals surface area contributed by atoms with Crippen LogP contribution in [-0.4, -0.2) is 23.1 Å². The molecule has 26 heavy (non-hydrogen) atoms. The topological polar surface area (TPSA) is 63.6 Å². The van der Waals surface area contributed by atoms with Gasteiger partial charge in [-0.3, -0.25) is 4.79 Å². The zero-order valence-electron chi connectivity index (χ0n) is 17.1. The number of hydrogen-bond donors (Lipinski definition) is 1. The second kappa shape index (κ2) is 7.58. The fraction of sp³-hybridized carbons (Fsp3) is 0.727. The molecule has 0 bridgehead atoms. The summed E-state index contributed by atoms with van der Waals surface area (Å²) in [7, 11) is 0. The summed E-state index contributed by atoms with van der Waals surface area (Å²) in [6.45, 7) is 12.4. The number of esters is 1. The predicted octanol–water partition coefficient (Wildman–Crippen LogP) is 5.14. The molecule has 0 spiro atoms. The number of rotatable bonds is 5. The van der Waals surface area contributed by atoms with E-state index < -0.39 is 5.97 Å². The van der Waals surface area contributed by atoms with Gasteiger partial charge in [0.25, 0.3) is 0 Å². The van der Waals surface area contributed by atoms with E-state index in [2.05, 4.69) is 33.8 Å². The highest BCUT2D eigenvalue weighted by Crippen LogP contribution is 2.62. The quantitative estimate of drug-likeness (QED) is 0.418. The van der Waals surface area contributed by atoms with Crippen LogP contribution in [0.5, 0.6) is 0 Å². The average Bonchev–Trinajstić information content (AvgIpc) is 2.52. The number of hydrogen-bond acceptors (Lipinski definition) is 3. The van der Waals surface area contributed by atoms with Gasteiger partial charge in [-0.25, -0.2) is 4.79 Å². The number of ether oxygens (including phenoxy) is 1. The van der Waals surface area contributed by atoms with Crippen LogP contribution in [0, 0.1) is 22.7 Å². The molecule has 0 heterocycles. The largest absolute Gasteiger partial charge is 0.478 e. The molecule has 0 aromatic rings. The number of carbonyl (C=O) groups excluding carboxylic acids is 1. The number of carboxylic acid groups (broad SMARTS) is 1. The summed E-state index contributed by atoms with van der Waals surface area (Å²) in [6, 6.07) is 0. The van der Waals surface area contributed by atoms with Gasteiger partial charge in [0.2, 0.25) is 0 Å². The van der Waals surface area contributed by atoms with Crippen molar-refractivity contribution in [2.75, 3.05) is 0 Å². The fourth-order valence-corrected chi connectivity index (χ4v) is 5.50. The van der Waals surface area contributed by atoms with E-state index >= 15 is 0 Å². The maximum atomic E-state index is 11.7. The first-order valence-corrected chi connectivity index (χ1v) is 9.75. The van der Waals surface area contributed by atoms with Gasteiger partial charge in [0.1, 0.15) is 6.10 Å². The Labute approximate surface area is 157 Å². The van der Waals surface area contributed by atoms with E-state index in [1.165, 1.54) is 18.6 Å². The zero-order chi connectivity index (χ0) is 19.7. The van der Waals surface area contributed by atoms with E-state index in [1.54, 1.807) is 0 Å². The molecule has 2 aliphatic rings. The van der Waals surface area contributed by atoms with Crippen LogP contribution in [0.25, 0.3) is 0 Å². The van der Waals surface area contributed by atoms with Crippen molar-refractivity contribution in [1.82, 2.24) is 0 Å². The van der Waals surface area contributed by atoms with Crippen molar-refractivity contribution in [2.45, 2.75) is 79.8 Å². The lowest BCUT2D eigenvalue weighted by atomic mass is 9.46. The second-order valence-electron chi connectivity index (χ2n) is 8.91. The third-order valence-corrected chi connectivity index (χ3v) is 7.34. The van der Waals surface area contributed by atoms with Crippen LogP contribution in [0.1, 0.15) is 73.6 Å². The van der Waals surface area contributed by atoms with E-state index in [0.29, 0.717) is 5.92 Å². The molecule has 2 rings (SSSR count). The molecular formula is C22H34O4. The van der Waals surface area contributed by atoms with Gasteiger partial charge in [-0.2, -0.15) is 0 Å². The first-order chi connectivity index (χ1) is 12.0. The van der Waals surface area contributed by atoms with Crippen molar-refractivity contribution in [3.8, 4) is 0 Å². The lowest BCUT2D eigenvalue weighted by molar-refractivity contribution is -0.169. The summed E-state index contributed by atoms with van der Waals surface area (Å²) in [5, 5.41) is 9.00. The van der Waals surface area contributed by atoms with Gasteiger partial charge in [-0.15, -0.1) is 0 Å². The molecule has 2 aliphatic carbocycles. The van der Waals surface area contributed by atoms with E-state index in [9.17, 15) is 9.59 Å². The smallest absolute Gasteiger partial charge is 0.328 e. The third kappa shape index (κ3) is 3.89. The first-order valence-electron chi connectivity index (χ1n) is 9.75. The van der Waals surface area contributed by atoms with Crippen molar-refractivity contribution < 1.29 is 19.4 Å². The van der Waals surface area contributed by atoms with Crippen LogP contribution in [0.2, 0.25) is 0 Å². The Bertz CT molecular complexity index is 632. The minimum absolute atomic E-state index is 0.00373. The highest BCUT2D eigenvalue weighted by molar-refractivity contribution is 5.80. The number of aliphatic carboxylic acids is 1. The highest BCUT2D eigenvalue weighted by atomic mass is 16.5. The maximum Gasteiger partial charge on any atom is 0.328 e. The Morgan fingerprint density at radius 2 is 2.00 bits per heavy atom. The Kier molecular flexibility index (Phi) is 6.04. The summed E-state index contributed by atoms with van der Waals surface area (Å²) in [5.41, 5.74) is 2.33. The molecule has 4 nitrogen and oxygen atoms in total. The second-order valence-corrected chi connectivity index (χ2v) is 8.91. The molecule has 0 saturated heterocycles. The van der Waals surface area contributed by atoms with E-state index in [0.717, 1.165) is 37.7 Å². The lowest BCUT2D eigenvalue weighted by Gasteiger charge is -2.60. The van der Waals surface area contributed by atoms with Crippen LogP contribution < -0.4 is 0 Å². The van der Waals surface area contributed by atoms with Gasteiger partial charge in [-0.05, 0) is 68.6 Å². The van der Waals surface area contributed by atoms with Gasteiger partial charge in [0.15, 0.2) is 0 Å². The Balaban J connectivity index is 2.37. The van der Waals surface area contributed by atoms with Crippen molar-refractivity contribution >= 4 is 11.9 Å². The summed E-state index contributed by atoms with van der Waals surface area (Å²) in [6.07, 6.45) is 8.34. The van der Waals surface area contributed by atoms with Gasteiger partial charge >= 0.3 is 11.9 Å². The standard InChI is InChI=1S/C22H34O4/c1-14(12-20(24)25)10-11-21(5)16(3)18(26-17(4)23)13-22(6)15(2)8-7-9-19(21)22/h8,12,16,18-19H,7,9-11,13H2,1-6H3,(H,24,25)/b14-12+/t16-,18-,19-,21+,22+/m1/s1. The number of allylic oxidation sites excluding steroid dienone is 3. The van der Waals surface area contributed by atoms with Crippen LogP contribution in [0.15, 0.2) is 23.3 Å². The van der Waals surface area contributed by atoms with Gasteiger partial charge in [0, 0.05) is 13.0 Å². The van der Waals surface area contributed by atoms with E-state index in [1.807, 2.05) is 6.92 Å². The molecule has 0 aromatic carbocycles. The maximum absolute atomic E-state index is 11.7. The molecule has 4 heteroatoms. The number of fused-ring (bicyclic) bond motifs is 1. The highest BCUT2D eigenvalue weighted by Gasteiger charge is 2.57. The Hall–Kier alpha value is -1.58. The summed E-state index contributed by atoms with van der Waals surface area (Å²) >= 11 is 0. The normalized spacial score (nSPS) is 37.5. The summed E-state index contributed by atoms with van der Waals surface area (Å²) < 4.78 is 5.76. The van der Waals surface area contributed by atoms with E-state index in [-0.39, 0.29) is 28.8 Å². The molecule has 0 aliphatic heterocycles. The van der Waals surface area contributed by atoms with E-state index in [4.69, 9.17) is 9.84 Å². The predicted molar refractivity (Wildman–Crippen MR) is 103 cm³/mol. The van der Waals surface area contributed by atoms with Crippen molar-refractivity contribution in [1.29, 1.82) is 0 Å². The number of carbonyl (C=O) groups is 2. The van der Waals surface area contributed by atoms with Gasteiger partial charge < -0.3 is 9.84 Å². The molecular weight excluding hydrogens is 328 g/mol. The lowest BCUT2D eigenvalue weighted by Crippen LogP contribution is -2.55. The third-order valence-electron chi connectivity index (χ3n) is 7.34. The molecule has 1 saturated carbocycles. The molecule has 5 atom stereocenters. The average molecular weight is 363 g/mol. The molecule has 0 amide bonds. The minimum atomic E-state index is -0.886. The summed E-state index contributed by atoms with van der Waals surface area (Å²) in [4.78, 5) is 22.6. The zero-order valence-corrected chi connectivity index (χ0v) is 17.1. The number of carboxylic acids is 1. The molecule has 0 aromatic heterocycles. The summed E-state index contributed by atoms with van der Waals surface area (Å²) in [5.74, 6) is -0.346. The Morgan fingerprint density at radius 1 is 1.35 bits per heavy atom. The van der Waals surface area contributed by atoms with Crippen LogP contribution in [0.4, 0.5) is 0 Å². The van der Waals surface area contributed by atoms with Crippen molar-refractivity contribution in [3.05, 3.63) is 23.3 Å². The fourth-order valence-electron chi connectivity index (χ4n) is 5.50. The Morgan fingerprint density at radius 3 is 2.58 bits per heavy atom. The van der Waals surface area contributed by atoms with Crippen molar-refractivity contribution in [2.24, 2.45) is 22.7 Å². The minimum Gasteiger partial charge on any atom is -0.478 e. The first kappa shape index (κ1) is 20.7. The molecule has 1 N–H and O–H groups in total. The van der Waals surface area contributed by atoms with Gasteiger partial charge in [0.05, 0.1) is 0 Å². The SMILES string of the molecule is CC(=O)O[C@@H]1C[C@@]2(C)C(C)=CCC[C@@H]2[C@@](C)(CC/C(C)=C/C(=O)O)[C@@H]1C. The van der Waals surface area contributed by atoms with Crippen molar-refractivity contribution in [3.63, 3.8) is 0 Å². The van der Waals surface area contributed by atoms with Gasteiger partial charge in [-0.1, -0.05) is 38.0 Å². The molecule has 0 radical (unpaired) electrons. The van der Waals surface area contributed by atoms with Crippen LogP contribution >= 0.6 is 0 Å².